The second-order valence-corrected chi connectivity index (χ2v) is 6.38. The van der Waals surface area contributed by atoms with Crippen molar-refractivity contribution in [1.29, 1.82) is 0 Å². The van der Waals surface area contributed by atoms with Crippen molar-refractivity contribution in [2.24, 2.45) is 5.92 Å². The zero-order valence-corrected chi connectivity index (χ0v) is 14.4. The van der Waals surface area contributed by atoms with E-state index < -0.39 is 4.92 Å². The highest BCUT2D eigenvalue weighted by atomic mass is 16.6. The van der Waals surface area contributed by atoms with Gasteiger partial charge in [-0.1, -0.05) is 12.1 Å². The average molecular weight is 355 g/mol. The van der Waals surface area contributed by atoms with Crippen molar-refractivity contribution in [3.05, 3.63) is 58.4 Å². The Morgan fingerprint density at radius 2 is 1.85 bits per heavy atom. The maximum Gasteiger partial charge on any atom is 0.269 e. The van der Waals surface area contributed by atoms with Crippen LogP contribution in [0.1, 0.15) is 18.4 Å². The molecule has 0 saturated carbocycles. The van der Waals surface area contributed by atoms with Crippen LogP contribution in [0.2, 0.25) is 0 Å². The van der Waals surface area contributed by atoms with Crippen LogP contribution in [-0.2, 0) is 11.2 Å². The number of rotatable bonds is 6. The van der Waals surface area contributed by atoms with Crippen molar-refractivity contribution < 1.29 is 9.72 Å². The van der Waals surface area contributed by atoms with E-state index in [1.807, 2.05) is 0 Å². The van der Waals surface area contributed by atoms with Gasteiger partial charge in [-0.2, -0.15) is 0 Å². The molecule has 1 aliphatic heterocycles. The molecule has 3 rings (SSSR count). The van der Waals surface area contributed by atoms with Gasteiger partial charge >= 0.3 is 0 Å². The number of nitrogens with zero attached hydrogens (tertiary/aromatic N) is 4. The highest BCUT2D eigenvalue weighted by Crippen LogP contribution is 2.19. The van der Waals surface area contributed by atoms with Crippen LogP contribution in [0.3, 0.4) is 0 Å². The Kier molecular flexibility index (Phi) is 5.73. The highest BCUT2D eigenvalue weighted by Gasteiger charge is 2.21. The molecule has 1 N–H and O–H groups in total. The van der Waals surface area contributed by atoms with Gasteiger partial charge in [0.2, 0.25) is 11.9 Å². The third-order valence-electron chi connectivity index (χ3n) is 4.55. The van der Waals surface area contributed by atoms with E-state index in [0.717, 1.165) is 37.4 Å². The van der Waals surface area contributed by atoms with Crippen LogP contribution in [0.15, 0.2) is 42.7 Å². The van der Waals surface area contributed by atoms with E-state index in [1.165, 1.54) is 12.1 Å². The summed E-state index contributed by atoms with van der Waals surface area (Å²) in [5.74, 6) is 1.14. The van der Waals surface area contributed by atoms with E-state index in [4.69, 9.17) is 0 Å². The van der Waals surface area contributed by atoms with Gasteiger partial charge in [-0.05, 0) is 30.4 Å². The summed E-state index contributed by atoms with van der Waals surface area (Å²) >= 11 is 0. The number of anilines is 1. The first kappa shape index (κ1) is 17.8. The Balaban J connectivity index is 1.40. The number of hydrogen-bond donors (Lipinski definition) is 1. The molecule has 1 amide bonds. The maximum absolute atomic E-state index is 12.1. The van der Waals surface area contributed by atoms with Gasteiger partial charge in [0.15, 0.2) is 0 Å². The van der Waals surface area contributed by atoms with Crippen molar-refractivity contribution in [3.8, 4) is 0 Å². The van der Waals surface area contributed by atoms with Crippen LogP contribution >= 0.6 is 0 Å². The van der Waals surface area contributed by atoms with Gasteiger partial charge in [-0.25, -0.2) is 9.97 Å². The number of nitrogens with one attached hydrogen (secondary N) is 1. The van der Waals surface area contributed by atoms with E-state index in [2.05, 4.69) is 20.2 Å². The summed E-state index contributed by atoms with van der Waals surface area (Å²) in [5.41, 5.74) is 0.799. The fourth-order valence-electron chi connectivity index (χ4n) is 3.03. The standard InChI is InChI=1S/C18H21N5O3/c24-17(12-14-2-4-16(5-3-14)23(25)26)21-13-15-6-10-22(11-7-15)18-19-8-1-9-20-18/h1-5,8-9,15H,6-7,10-13H2,(H,21,24). The van der Waals surface area contributed by atoms with E-state index in [-0.39, 0.29) is 18.0 Å². The summed E-state index contributed by atoms with van der Waals surface area (Å²) in [6.07, 6.45) is 5.68. The van der Waals surface area contributed by atoms with Crippen LogP contribution in [0.25, 0.3) is 0 Å². The second-order valence-electron chi connectivity index (χ2n) is 6.38. The van der Waals surface area contributed by atoms with Crippen molar-refractivity contribution in [3.63, 3.8) is 0 Å². The molecule has 136 valence electrons. The smallest absolute Gasteiger partial charge is 0.269 e. The third kappa shape index (κ3) is 4.75. The fraction of sp³-hybridized carbons (Fsp3) is 0.389. The summed E-state index contributed by atoms with van der Waals surface area (Å²) in [7, 11) is 0. The molecule has 1 aromatic heterocycles. The van der Waals surface area contributed by atoms with Gasteiger partial charge < -0.3 is 10.2 Å². The number of benzene rings is 1. The minimum absolute atomic E-state index is 0.0308. The van der Waals surface area contributed by atoms with Crippen molar-refractivity contribution in [2.75, 3.05) is 24.5 Å². The van der Waals surface area contributed by atoms with Crippen molar-refractivity contribution in [2.45, 2.75) is 19.3 Å². The Bertz CT molecular complexity index is 743. The monoisotopic (exact) mass is 355 g/mol. The number of nitro benzene ring substituents is 1. The molecule has 0 atom stereocenters. The number of carbonyl (C=O) groups excluding carboxylic acids is 1. The van der Waals surface area contributed by atoms with Crippen LogP contribution < -0.4 is 10.2 Å². The molecule has 0 unspecified atom stereocenters. The summed E-state index contributed by atoms with van der Waals surface area (Å²) in [4.78, 5) is 33.0. The van der Waals surface area contributed by atoms with E-state index in [9.17, 15) is 14.9 Å². The first-order valence-corrected chi connectivity index (χ1v) is 8.64. The number of piperidine rings is 1. The number of hydrogen-bond acceptors (Lipinski definition) is 6. The number of nitro groups is 1. The minimum atomic E-state index is -0.448. The van der Waals surface area contributed by atoms with Gasteiger partial charge in [-0.3, -0.25) is 14.9 Å². The van der Waals surface area contributed by atoms with Crippen LogP contribution in [0, 0.1) is 16.0 Å². The molecule has 1 aromatic carbocycles. The molecule has 8 heteroatoms. The number of non-ortho nitro benzene ring substituents is 1. The molecule has 2 aromatic rings. The summed E-state index contributed by atoms with van der Waals surface area (Å²) in [6, 6.07) is 7.89. The molecule has 0 aliphatic carbocycles. The van der Waals surface area contributed by atoms with Gasteiger partial charge in [0.1, 0.15) is 0 Å². The second kappa shape index (κ2) is 8.37. The Labute approximate surface area is 151 Å². The van der Waals surface area contributed by atoms with Crippen molar-refractivity contribution >= 4 is 17.5 Å². The Morgan fingerprint density at radius 3 is 2.46 bits per heavy atom. The lowest BCUT2D eigenvalue weighted by molar-refractivity contribution is -0.384. The molecule has 0 bridgehead atoms. The lowest BCUT2D eigenvalue weighted by Crippen LogP contribution is -2.39. The molecule has 0 spiro atoms. The van der Waals surface area contributed by atoms with Gasteiger partial charge in [0, 0.05) is 44.2 Å². The third-order valence-corrected chi connectivity index (χ3v) is 4.55. The molecule has 2 heterocycles. The maximum atomic E-state index is 12.1. The van der Waals surface area contributed by atoms with E-state index in [1.54, 1.807) is 30.6 Å². The Hall–Kier alpha value is -3.03. The predicted octanol–water partition coefficient (Wildman–Crippen LogP) is 1.96. The summed E-state index contributed by atoms with van der Waals surface area (Å²) < 4.78 is 0. The first-order valence-electron chi connectivity index (χ1n) is 8.64. The number of amides is 1. The molecule has 1 aliphatic rings. The molecule has 0 radical (unpaired) electrons. The first-order chi connectivity index (χ1) is 12.6. The van der Waals surface area contributed by atoms with Crippen molar-refractivity contribution in [1.82, 2.24) is 15.3 Å². The van der Waals surface area contributed by atoms with Gasteiger partial charge in [-0.15, -0.1) is 0 Å². The minimum Gasteiger partial charge on any atom is -0.356 e. The zero-order chi connectivity index (χ0) is 18.4. The molecule has 26 heavy (non-hydrogen) atoms. The topological polar surface area (TPSA) is 101 Å². The van der Waals surface area contributed by atoms with Gasteiger partial charge in [0.25, 0.3) is 5.69 Å². The quantitative estimate of drug-likeness (QED) is 0.628. The summed E-state index contributed by atoms with van der Waals surface area (Å²) in [5, 5.41) is 13.6. The predicted molar refractivity (Wildman–Crippen MR) is 96.8 cm³/mol. The highest BCUT2D eigenvalue weighted by molar-refractivity contribution is 5.78. The largest absolute Gasteiger partial charge is 0.356 e. The lowest BCUT2D eigenvalue weighted by atomic mass is 9.97. The molecular formula is C18H21N5O3. The molecular weight excluding hydrogens is 334 g/mol. The van der Waals surface area contributed by atoms with Crippen LogP contribution in [0.4, 0.5) is 11.6 Å². The van der Waals surface area contributed by atoms with Crippen LogP contribution in [-0.4, -0.2) is 40.4 Å². The van der Waals surface area contributed by atoms with Crippen LogP contribution in [0.5, 0.6) is 0 Å². The number of aromatic nitrogens is 2. The molecule has 1 saturated heterocycles. The number of carbonyl (C=O) groups is 1. The molecule has 1 fully saturated rings. The van der Waals surface area contributed by atoms with Gasteiger partial charge in [0.05, 0.1) is 11.3 Å². The lowest BCUT2D eigenvalue weighted by Gasteiger charge is -2.31. The SMILES string of the molecule is O=C(Cc1ccc([N+](=O)[O-])cc1)NCC1CCN(c2ncccn2)CC1. The Morgan fingerprint density at radius 1 is 1.19 bits per heavy atom. The fourth-order valence-corrected chi connectivity index (χ4v) is 3.03. The normalized spacial score (nSPS) is 14.8. The van der Waals surface area contributed by atoms with E-state index >= 15 is 0 Å². The zero-order valence-electron chi connectivity index (χ0n) is 14.4. The molecule has 8 nitrogen and oxygen atoms in total. The summed E-state index contributed by atoms with van der Waals surface area (Å²) in [6.45, 7) is 2.41. The van der Waals surface area contributed by atoms with E-state index in [0.29, 0.717) is 12.5 Å². The average Bonchev–Trinajstić information content (AvgIpc) is 2.68.